The molecule has 1 aliphatic rings. The highest BCUT2D eigenvalue weighted by Gasteiger charge is 2.21. The number of likely N-dealkylation sites (N-methyl/N-ethyl adjacent to an activating group) is 2. The van der Waals surface area contributed by atoms with Gasteiger partial charge < -0.3 is 19.9 Å². The molecule has 0 aliphatic heterocycles. The topological polar surface area (TPSA) is 40.1 Å². The molecule has 0 heterocycles. The highest BCUT2D eigenvalue weighted by Crippen LogP contribution is 2.28. The van der Waals surface area contributed by atoms with Crippen LogP contribution in [-0.2, 0) is 4.74 Å². The van der Waals surface area contributed by atoms with Crippen molar-refractivity contribution in [3.63, 3.8) is 0 Å². The van der Waals surface area contributed by atoms with Crippen LogP contribution in [0.4, 0.5) is 0 Å². The van der Waals surface area contributed by atoms with Crippen LogP contribution < -0.4 is 5.32 Å². The second-order valence-electron chi connectivity index (χ2n) is 6.11. The van der Waals surface area contributed by atoms with Crippen LogP contribution in [0.25, 0.3) is 0 Å². The Bertz CT molecular complexity index is 311. The fourth-order valence-corrected chi connectivity index (χ4v) is 2.35. The minimum absolute atomic E-state index is 0. The lowest BCUT2D eigenvalue weighted by molar-refractivity contribution is 0.115. The highest BCUT2D eigenvalue weighted by atomic mass is 127. The molecule has 1 fully saturated rings. The first-order valence-electron chi connectivity index (χ1n) is 9.00. The molecule has 1 aliphatic carbocycles. The maximum Gasteiger partial charge on any atom is 0.193 e. The summed E-state index contributed by atoms with van der Waals surface area (Å²) in [5, 5.41) is 3.37. The zero-order valence-electron chi connectivity index (χ0n) is 15.5. The maximum atomic E-state index is 5.72. The highest BCUT2D eigenvalue weighted by molar-refractivity contribution is 14.0. The van der Waals surface area contributed by atoms with Gasteiger partial charge in [0, 0.05) is 33.3 Å². The fourth-order valence-electron chi connectivity index (χ4n) is 2.35. The minimum atomic E-state index is 0. The molecule has 0 spiro atoms. The van der Waals surface area contributed by atoms with Crippen LogP contribution in [0.2, 0.25) is 0 Å². The van der Waals surface area contributed by atoms with E-state index in [4.69, 9.17) is 9.73 Å². The van der Waals surface area contributed by atoms with E-state index in [0.29, 0.717) is 0 Å². The molecule has 23 heavy (non-hydrogen) atoms. The summed E-state index contributed by atoms with van der Waals surface area (Å²) >= 11 is 0. The summed E-state index contributed by atoms with van der Waals surface area (Å²) in [6.07, 6.45) is 3.91. The van der Waals surface area contributed by atoms with Crippen molar-refractivity contribution in [2.45, 2.75) is 40.0 Å². The predicted molar refractivity (Wildman–Crippen MR) is 110 cm³/mol. The molecule has 0 aromatic rings. The van der Waals surface area contributed by atoms with Gasteiger partial charge in [0.05, 0.1) is 13.2 Å². The number of halogens is 1. The van der Waals surface area contributed by atoms with Gasteiger partial charge in [-0.1, -0.05) is 13.8 Å². The normalized spacial score (nSPS) is 14.7. The fraction of sp³-hybridized carbons (Fsp3) is 0.941. The maximum absolute atomic E-state index is 5.72. The largest absolute Gasteiger partial charge is 0.379 e. The summed E-state index contributed by atoms with van der Waals surface area (Å²) in [6, 6.07) is 0. The molecular formula is C17H37IN4O. The van der Waals surface area contributed by atoms with Crippen LogP contribution in [0, 0.1) is 5.92 Å². The molecule has 0 bridgehead atoms. The summed E-state index contributed by atoms with van der Waals surface area (Å²) in [4.78, 5) is 9.37. The third kappa shape index (κ3) is 11.2. The van der Waals surface area contributed by atoms with Crippen molar-refractivity contribution >= 4 is 29.9 Å². The third-order valence-corrected chi connectivity index (χ3v) is 3.98. The Balaban J connectivity index is 0.00000484. The van der Waals surface area contributed by atoms with Gasteiger partial charge in [-0.15, -0.1) is 24.0 Å². The van der Waals surface area contributed by atoms with E-state index >= 15 is 0 Å². The van der Waals surface area contributed by atoms with Gasteiger partial charge in [-0.2, -0.15) is 0 Å². The smallest absolute Gasteiger partial charge is 0.193 e. The van der Waals surface area contributed by atoms with Crippen molar-refractivity contribution in [3.05, 3.63) is 0 Å². The van der Waals surface area contributed by atoms with Crippen LogP contribution >= 0.6 is 24.0 Å². The summed E-state index contributed by atoms with van der Waals surface area (Å²) < 4.78 is 5.72. The molecule has 0 unspecified atom stereocenters. The molecule has 0 saturated heterocycles. The Morgan fingerprint density at radius 3 is 2.48 bits per heavy atom. The van der Waals surface area contributed by atoms with E-state index in [1.54, 1.807) is 0 Å². The van der Waals surface area contributed by atoms with Crippen molar-refractivity contribution in [2.75, 3.05) is 59.5 Å². The number of guanidine groups is 1. The van der Waals surface area contributed by atoms with Gasteiger partial charge in [0.2, 0.25) is 0 Å². The number of ether oxygens (including phenoxy) is 1. The van der Waals surface area contributed by atoms with Crippen LogP contribution in [0.3, 0.4) is 0 Å². The summed E-state index contributed by atoms with van der Waals surface area (Å²) in [6.45, 7) is 14.2. The number of hydrogen-bond donors (Lipinski definition) is 1. The van der Waals surface area contributed by atoms with E-state index in [1.165, 1.54) is 19.3 Å². The summed E-state index contributed by atoms with van der Waals surface area (Å²) in [7, 11) is 2.09. The van der Waals surface area contributed by atoms with E-state index in [-0.39, 0.29) is 24.0 Å². The minimum Gasteiger partial charge on any atom is -0.379 e. The molecule has 138 valence electrons. The van der Waals surface area contributed by atoms with Crippen molar-refractivity contribution in [2.24, 2.45) is 10.9 Å². The van der Waals surface area contributed by atoms with E-state index in [0.717, 1.165) is 64.4 Å². The van der Waals surface area contributed by atoms with Gasteiger partial charge >= 0.3 is 0 Å². The zero-order chi connectivity index (χ0) is 16.2. The van der Waals surface area contributed by atoms with Crippen molar-refractivity contribution in [1.82, 2.24) is 15.1 Å². The quantitative estimate of drug-likeness (QED) is 0.219. The van der Waals surface area contributed by atoms with E-state index in [1.807, 2.05) is 0 Å². The lowest BCUT2D eigenvalue weighted by atomic mass is 10.4. The Labute approximate surface area is 160 Å². The molecule has 0 aromatic carbocycles. The molecule has 1 rings (SSSR count). The SMILES string of the molecule is CCCN(CC)CCN=C(NCC)N(C)CCOCC1CC1.I. The summed E-state index contributed by atoms with van der Waals surface area (Å²) in [5.74, 6) is 1.83. The predicted octanol–water partition coefficient (Wildman–Crippen LogP) is 2.66. The molecular weight excluding hydrogens is 403 g/mol. The molecule has 1 saturated carbocycles. The summed E-state index contributed by atoms with van der Waals surface area (Å²) in [5.41, 5.74) is 0. The number of hydrogen-bond acceptors (Lipinski definition) is 3. The molecule has 6 heteroatoms. The van der Waals surface area contributed by atoms with Gasteiger partial charge in [0.1, 0.15) is 0 Å². The first kappa shape index (κ1) is 22.9. The first-order chi connectivity index (χ1) is 10.7. The van der Waals surface area contributed by atoms with Crippen molar-refractivity contribution in [1.29, 1.82) is 0 Å². The zero-order valence-corrected chi connectivity index (χ0v) is 17.8. The lowest BCUT2D eigenvalue weighted by Crippen LogP contribution is -2.41. The average Bonchev–Trinajstić information content (AvgIpc) is 3.33. The number of aliphatic imine (C=N–C) groups is 1. The molecule has 5 nitrogen and oxygen atoms in total. The lowest BCUT2D eigenvalue weighted by Gasteiger charge is -2.23. The molecule has 0 radical (unpaired) electrons. The monoisotopic (exact) mass is 440 g/mol. The third-order valence-electron chi connectivity index (χ3n) is 3.98. The van der Waals surface area contributed by atoms with Crippen LogP contribution in [0.15, 0.2) is 4.99 Å². The Kier molecular flexibility index (Phi) is 14.2. The number of nitrogens with one attached hydrogen (secondary N) is 1. The molecule has 0 atom stereocenters. The standard InChI is InChI=1S/C17H36N4O.HI/c1-5-11-21(7-3)12-10-19-17(18-6-2)20(4)13-14-22-15-16-8-9-16;/h16H,5-15H2,1-4H3,(H,18,19);1H. The van der Waals surface area contributed by atoms with Crippen LogP contribution in [0.1, 0.15) is 40.0 Å². The van der Waals surface area contributed by atoms with E-state index in [2.05, 4.69) is 42.9 Å². The molecule has 0 amide bonds. The first-order valence-corrected chi connectivity index (χ1v) is 9.00. The van der Waals surface area contributed by atoms with Crippen molar-refractivity contribution in [3.8, 4) is 0 Å². The average molecular weight is 440 g/mol. The van der Waals surface area contributed by atoms with Gasteiger partial charge in [0.15, 0.2) is 5.96 Å². The van der Waals surface area contributed by atoms with Crippen molar-refractivity contribution < 1.29 is 4.74 Å². The molecule has 0 aromatic heterocycles. The van der Waals surface area contributed by atoms with Gasteiger partial charge in [-0.05, 0) is 45.2 Å². The Hall–Kier alpha value is -0.0800. The van der Waals surface area contributed by atoms with E-state index in [9.17, 15) is 0 Å². The van der Waals surface area contributed by atoms with Gasteiger partial charge in [-0.3, -0.25) is 4.99 Å². The second kappa shape index (κ2) is 14.3. The Morgan fingerprint density at radius 2 is 1.91 bits per heavy atom. The molecule has 1 N–H and O–H groups in total. The van der Waals surface area contributed by atoms with Crippen LogP contribution in [0.5, 0.6) is 0 Å². The second-order valence-corrected chi connectivity index (χ2v) is 6.11. The number of nitrogens with zero attached hydrogens (tertiary/aromatic N) is 3. The Morgan fingerprint density at radius 1 is 1.17 bits per heavy atom. The number of rotatable bonds is 12. The van der Waals surface area contributed by atoms with Gasteiger partial charge in [-0.25, -0.2) is 0 Å². The van der Waals surface area contributed by atoms with Gasteiger partial charge in [0.25, 0.3) is 0 Å². The van der Waals surface area contributed by atoms with E-state index < -0.39 is 0 Å². The van der Waals surface area contributed by atoms with Crippen LogP contribution in [-0.4, -0.2) is 75.3 Å².